The Morgan fingerprint density at radius 3 is 2.59 bits per heavy atom. The van der Waals surface area contributed by atoms with Gasteiger partial charge in [0, 0.05) is 26.1 Å². The molecule has 10 nitrogen and oxygen atoms in total. The van der Waals surface area contributed by atoms with Crippen LogP contribution in [0.2, 0.25) is 5.15 Å². The van der Waals surface area contributed by atoms with E-state index in [4.69, 9.17) is 25.8 Å². The zero-order valence-electron chi connectivity index (χ0n) is 23.7. The van der Waals surface area contributed by atoms with Gasteiger partial charge in [0.1, 0.15) is 35.0 Å². The molecule has 1 amide bonds. The van der Waals surface area contributed by atoms with Gasteiger partial charge in [-0.3, -0.25) is 4.90 Å². The van der Waals surface area contributed by atoms with E-state index in [0.717, 1.165) is 0 Å². The molecule has 0 aliphatic carbocycles. The lowest BCUT2D eigenvalue weighted by Crippen LogP contribution is -2.65. The zero-order chi connectivity index (χ0) is 29.5. The second-order valence-electron chi connectivity index (χ2n) is 12.4. The third kappa shape index (κ3) is 4.78. The molecular weight excluding hydrogens is 565 g/mol. The molecule has 4 aliphatic rings. The summed E-state index contributed by atoms with van der Waals surface area (Å²) < 4.78 is 61.7. The summed E-state index contributed by atoms with van der Waals surface area (Å²) in [7, 11) is 0. The molecule has 6 rings (SSSR count). The number of nitrogens with zero attached hydrogens (tertiary/aromatic N) is 6. The van der Waals surface area contributed by atoms with Crippen molar-refractivity contribution in [1.82, 2.24) is 24.8 Å². The van der Waals surface area contributed by atoms with E-state index in [1.165, 1.54) is 0 Å². The fraction of sp³-hybridized carbons (Fsp3) is 0.704. The first-order valence-corrected chi connectivity index (χ1v) is 14.3. The second kappa shape index (κ2) is 9.62. The number of alkyl halides is 2. The molecule has 0 radical (unpaired) electrons. The van der Waals surface area contributed by atoms with Crippen molar-refractivity contribution >= 4 is 34.4 Å². The van der Waals surface area contributed by atoms with Crippen molar-refractivity contribution < 1.29 is 32.2 Å². The third-order valence-corrected chi connectivity index (χ3v) is 8.75. The van der Waals surface area contributed by atoms with Gasteiger partial charge in [0.05, 0.1) is 24.2 Å². The van der Waals surface area contributed by atoms with Crippen LogP contribution in [0.15, 0.2) is 0 Å². The van der Waals surface area contributed by atoms with Crippen LogP contribution < -0.4 is 14.4 Å². The smallest absolute Gasteiger partial charge is 0.410 e. The van der Waals surface area contributed by atoms with E-state index in [0.29, 0.717) is 38.3 Å². The number of pyridine rings is 1. The summed E-state index contributed by atoms with van der Waals surface area (Å²) in [5, 5.41) is -0.179. The van der Waals surface area contributed by atoms with E-state index in [9.17, 15) is 13.6 Å². The maximum Gasteiger partial charge on any atom is 0.410 e. The Hall–Kier alpha value is -2.80. The van der Waals surface area contributed by atoms with Crippen LogP contribution in [0.4, 0.5) is 23.8 Å². The van der Waals surface area contributed by atoms with Gasteiger partial charge in [-0.05, 0) is 40.5 Å². The molecule has 2 aromatic heterocycles. The predicted octanol–water partition coefficient (Wildman–Crippen LogP) is 4.66. The molecule has 4 aliphatic heterocycles. The average Bonchev–Trinajstić information content (AvgIpc) is 2.98. The topological polar surface area (TPSA) is 93.2 Å². The molecule has 0 unspecified atom stereocenters. The van der Waals surface area contributed by atoms with Crippen LogP contribution in [0.25, 0.3) is 10.9 Å². The number of halogens is 4. The fourth-order valence-electron chi connectivity index (χ4n) is 6.69. The molecule has 6 heterocycles. The lowest BCUT2D eigenvalue weighted by Gasteiger charge is -2.48. The predicted molar refractivity (Wildman–Crippen MR) is 145 cm³/mol. The largest absolute Gasteiger partial charge is 0.472 e. The van der Waals surface area contributed by atoms with E-state index in [-0.39, 0.29) is 48.4 Å². The summed E-state index contributed by atoms with van der Waals surface area (Å²) in [5.41, 5.74) is -1.60. The molecule has 4 atom stereocenters. The Kier molecular flexibility index (Phi) is 6.64. The van der Waals surface area contributed by atoms with Gasteiger partial charge >= 0.3 is 12.1 Å². The lowest BCUT2D eigenvalue weighted by molar-refractivity contribution is -0.0132. The first-order valence-electron chi connectivity index (χ1n) is 14.0. The number of carbonyl (C=O) groups is 1. The highest BCUT2D eigenvalue weighted by atomic mass is 35.5. The third-order valence-electron chi connectivity index (χ3n) is 8.50. The van der Waals surface area contributed by atoms with Crippen LogP contribution >= 0.6 is 11.6 Å². The molecule has 0 saturated carbocycles. The van der Waals surface area contributed by atoms with Gasteiger partial charge in [-0.25, -0.2) is 18.0 Å². The van der Waals surface area contributed by atoms with Crippen molar-refractivity contribution in [3.05, 3.63) is 11.0 Å². The van der Waals surface area contributed by atoms with Crippen LogP contribution in [0.5, 0.6) is 11.9 Å². The summed E-state index contributed by atoms with van der Waals surface area (Å²) in [6.45, 7) is 10.1. The van der Waals surface area contributed by atoms with Crippen LogP contribution in [-0.4, -0.2) is 98.9 Å². The maximum absolute atomic E-state index is 15.4. The maximum atomic E-state index is 15.4. The second-order valence-corrected chi connectivity index (χ2v) is 12.8. The molecule has 3 saturated heterocycles. The average molecular weight is 599 g/mol. The Morgan fingerprint density at radius 1 is 1.20 bits per heavy atom. The number of ether oxygens (including phenoxy) is 3. The van der Waals surface area contributed by atoms with Crippen molar-refractivity contribution in [3.8, 4) is 11.9 Å². The van der Waals surface area contributed by atoms with E-state index < -0.39 is 46.3 Å². The summed E-state index contributed by atoms with van der Waals surface area (Å²) in [6.07, 6.45) is -0.108. The minimum absolute atomic E-state index is 0.0544. The van der Waals surface area contributed by atoms with E-state index in [1.54, 1.807) is 9.80 Å². The molecule has 0 bridgehead atoms. The summed E-state index contributed by atoms with van der Waals surface area (Å²) in [6, 6.07) is -0.884. The van der Waals surface area contributed by atoms with Gasteiger partial charge < -0.3 is 24.0 Å². The van der Waals surface area contributed by atoms with Crippen LogP contribution in [0.3, 0.4) is 0 Å². The molecule has 3 fully saturated rings. The molecular formula is C27H34ClF3N6O4. The number of hydrogen-bond donors (Lipinski definition) is 0. The molecule has 14 heteroatoms. The Morgan fingerprint density at radius 2 is 1.95 bits per heavy atom. The highest BCUT2D eigenvalue weighted by Crippen LogP contribution is 2.48. The van der Waals surface area contributed by atoms with Crippen LogP contribution in [-0.2, 0) is 4.74 Å². The van der Waals surface area contributed by atoms with Crippen molar-refractivity contribution in [2.75, 3.05) is 37.7 Å². The van der Waals surface area contributed by atoms with Crippen molar-refractivity contribution in [3.63, 3.8) is 0 Å². The van der Waals surface area contributed by atoms with Gasteiger partial charge in [-0.15, -0.1) is 0 Å². The minimum atomic E-state index is -2.79. The highest BCUT2D eigenvalue weighted by Gasteiger charge is 2.60. The van der Waals surface area contributed by atoms with E-state index in [2.05, 4.69) is 15.0 Å². The molecule has 2 aromatic rings. The normalized spacial score (nSPS) is 28.9. The number of piperazine rings is 1. The molecule has 41 heavy (non-hydrogen) atoms. The Balaban J connectivity index is 1.39. The number of fused-ring (bicyclic) bond motifs is 3. The summed E-state index contributed by atoms with van der Waals surface area (Å²) >= 11 is 6.16. The van der Waals surface area contributed by atoms with Crippen LogP contribution in [0.1, 0.15) is 53.9 Å². The van der Waals surface area contributed by atoms with Crippen molar-refractivity contribution in [2.24, 2.45) is 0 Å². The van der Waals surface area contributed by atoms with Gasteiger partial charge in [0.25, 0.3) is 5.92 Å². The summed E-state index contributed by atoms with van der Waals surface area (Å²) in [4.78, 5) is 31.7. The lowest BCUT2D eigenvalue weighted by atomic mass is 9.85. The van der Waals surface area contributed by atoms with Gasteiger partial charge in [-0.1, -0.05) is 18.5 Å². The number of rotatable bonds is 4. The minimum Gasteiger partial charge on any atom is -0.472 e. The standard InChI is InChI=1S/C27H34ClF3N6O4/c1-6-15-19-14(2)40-22-16-18(17(29)20(28)33-22)32-23(39-13-26-7-8-35(26)12-27(30,31)11-26)34-21(16)37(19)10-9-36(15)24(38)41-25(3,4)5/h14-15,19H,6-13H2,1-5H3/t14-,15-,19+,26-/m0/s1. The summed E-state index contributed by atoms with van der Waals surface area (Å²) in [5.74, 6) is -3.24. The number of anilines is 1. The van der Waals surface area contributed by atoms with Crippen molar-refractivity contribution in [2.45, 2.75) is 89.1 Å². The molecule has 0 aromatic carbocycles. The number of amides is 1. The monoisotopic (exact) mass is 598 g/mol. The fourth-order valence-corrected chi connectivity index (χ4v) is 6.85. The van der Waals surface area contributed by atoms with Gasteiger partial charge in [0.15, 0.2) is 11.0 Å². The van der Waals surface area contributed by atoms with Gasteiger partial charge in [-0.2, -0.15) is 15.0 Å². The number of aromatic nitrogens is 3. The van der Waals surface area contributed by atoms with Crippen LogP contribution in [0, 0.1) is 5.82 Å². The number of carbonyl (C=O) groups excluding carboxylic acids is 1. The van der Waals surface area contributed by atoms with E-state index in [1.807, 2.05) is 39.5 Å². The SMILES string of the molecule is CC[C@H]1[C@H]2[C@H](C)Oc3nc(Cl)c(F)c4nc(OC[C@@]56CCN5CC(F)(F)C6)nc(c34)N2CCN1C(=O)OC(C)(C)C. The molecule has 0 N–H and O–H groups in total. The van der Waals surface area contributed by atoms with Gasteiger partial charge in [0.2, 0.25) is 5.88 Å². The first-order chi connectivity index (χ1) is 19.2. The Labute approximate surface area is 241 Å². The highest BCUT2D eigenvalue weighted by molar-refractivity contribution is 6.30. The first kappa shape index (κ1) is 28.3. The van der Waals surface area contributed by atoms with E-state index >= 15 is 4.39 Å². The Bertz CT molecular complexity index is 1390. The van der Waals surface area contributed by atoms with Crippen molar-refractivity contribution in [1.29, 1.82) is 0 Å². The molecule has 0 spiro atoms. The quantitative estimate of drug-likeness (QED) is 0.466. The molecule has 224 valence electrons. The zero-order valence-corrected chi connectivity index (χ0v) is 24.5. The number of hydrogen-bond acceptors (Lipinski definition) is 9.